The van der Waals surface area contributed by atoms with Crippen molar-refractivity contribution in [2.24, 2.45) is 0 Å². The summed E-state index contributed by atoms with van der Waals surface area (Å²) in [5.74, 6) is -0.988. The smallest absolute Gasteiger partial charge is 0.253 e. The Labute approximate surface area is 145 Å². The number of rotatable bonds is 6. The van der Waals surface area contributed by atoms with E-state index in [-0.39, 0.29) is 11.7 Å². The van der Waals surface area contributed by atoms with Crippen molar-refractivity contribution in [3.8, 4) is 0 Å². The number of benzene rings is 2. The van der Waals surface area contributed by atoms with Gasteiger partial charge < -0.3 is 10.6 Å². The molecule has 0 spiro atoms. The number of hydrogen-bond acceptors (Lipinski definition) is 2. The van der Waals surface area contributed by atoms with Crippen molar-refractivity contribution in [1.82, 2.24) is 10.6 Å². The van der Waals surface area contributed by atoms with E-state index < -0.39 is 11.9 Å². The molecule has 2 aromatic carbocycles. The van der Waals surface area contributed by atoms with Crippen molar-refractivity contribution < 1.29 is 14.0 Å². The molecule has 0 radical (unpaired) electrons. The maximum absolute atomic E-state index is 12.8. The predicted octanol–water partition coefficient (Wildman–Crippen LogP) is 2.96. The monoisotopic (exact) mass is 348 g/mol. The van der Waals surface area contributed by atoms with E-state index in [1.165, 1.54) is 12.1 Å². The van der Waals surface area contributed by atoms with Gasteiger partial charge in [-0.05, 0) is 43.2 Å². The average Bonchev–Trinajstić information content (AvgIpc) is 2.56. The molecule has 4 nitrogen and oxygen atoms in total. The van der Waals surface area contributed by atoms with Crippen LogP contribution in [-0.2, 0) is 11.2 Å². The van der Waals surface area contributed by atoms with Crippen molar-refractivity contribution in [1.29, 1.82) is 0 Å². The lowest BCUT2D eigenvalue weighted by Gasteiger charge is -2.14. The summed E-state index contributed by atoms with van der Waals surface area (Å²) in [4.78, 5) is 24.1. The zero-order chi connectivity index (χ0) is 17.5. The van der Waals surface area contributed by atoms with Gasteiger partial charge in [-0.2, -0.15) is 0 Å². The molecule has 0 aliphatic heterocycles. The Bertz CT molecular complexity index is 719. The van der Waals surface area contributed by atoms with Crippen molar-refractivity contribution in [3.05, 3.63) is 70.5 Å². The fourth-order valence-electron chi connectivity index (χ4n) is 2.12. The molecule has 2 amide bonds. The first-order valence-corrected chi connectivity index (χ1v) is 7.92. The Morgan fingerprint density at radius 2 is 1.79 bits per heavy atom. The van der Waals surface area contributed by atoms with Gasteiger partial charge >= 0.3 is 0 Å². The Morgan fingerprint density at radius 1 is 1.12 bits per heavy atom. The number of carbonyl (C=O) groups is 2. The maximum Gasteiger partial charge on any atom is 0.253 e. The summed E-state index contributed by atoms with van der Waals surface area (Å²) >= 11 is 5.96. The summed E-state index contributed by atoms with van der Waals surface area (Å²) in [6.07, 6.45) is 0.581. The molecule has 0 heterocycles. The van der Waals surface area contributed by atoms with Crippen LogP contribution in [0, 0.1) is 5.82 Å². The van der Waals surface area contributed by atoms with E-state index in [9.17, 15) is 14.0 Å². The van der Waals surface area contributed by atoms with Gasteiger partial charge in [-0.25, -0.2) is 4.39 Å². The summed E-state index contributed by atoms with van der Waals surface area (Å²) in [5.41, 5.74) is 1.24. The van der Waals surface area contributed by atoms with Crippen molar-refractivity contribution in [2.75, 3.05) is 6.54 Å². The number of hydrogen-bond donors (Lipinski definition) is 2. The van der Waals surface area contributed by atoms with Crippen LogP contribution in [0.5, 0.6) is 0 Å². The SMILES string of the molecule is CC(NC(=O)c1ccccc1Cl)C(=O)NCCc1ccc(F)cc1. The van der Waals surface area contributed by atoms with Crippen LogP contribution < -0.4 is 10.6 Å². The summed E-state index contributed by atoms with van der Waals surface area (Å²) in [5, 5.41) is 5.68. The van der Waals surface area contributed by atoms with Crippen LogP contribution >= 0.6 is 11.6 Å². The molecular weight excluding hydrogens is 331 g/mol. The second-order valence-corrected chi connectivity index (χ2v) is 5.75. The molecule has 24 heavy (non-hydrogen) atoms. The fourth-order valence-corrected chi connectivity index (χ4v) is 2.34. The lowest BCUT2D eigenvalue weighted by atomic mass is 10.1. The van der Waals surface area contributed by atoms with Gasteiger partial charge in [0.15, 0.2) is 0 Å². The van der Waals surface area contributed by atoms with Gasteiger partial charge in [0, 0.05) is 6.54 Å². The van der Waals surface area contributed by atoms with Crippen molar-refractivity contribution in [2.45, 2.75) is 19.4 Å². The molecule has 6 heteroatoms. The zero-order valence-electron chi connectivity index (χ0n) is 13.2. The minimum absolute atomic E-state index is 0.293. The van der Waals surface area contributed by atoms with Crippen LogP contribution in [0.25, 0.3) is 0 Å². The second kappa shape index (κ2) is 8.45. The third-order valence-corrected chi connectivity index (χ3v) is 3.82. The van der Waals surface area contributed by atoms with Crippen LogP contribution in [0.4, 0.5) is 4.39 Å². The molecule has 0 aliphatic rings. The molecule has 0 saturated heterocycles. The maximum atomic E-state index is 12.8. The van der Waals surface area contributed by atoms with Crippen LogP contribution in [0.2, 0.25) is 5.02 Å². The number of halogens is 2. The third-order valence-electron chi connectivity index (χ3n) is 3.49. The molecule has 1 unspecified atom stereocenters. The first-order valence-electron chi connectivity index (χ1n) is 7.55. The highest BCUT2D eigenvalue weighted by molar-refractivity contribution is 6.33. The largest absolute Gasteiger partial charge is 0.354 e. The highest BCUT2D eigenvalue weighted by atomic mass is 35.5. The Balaban J connectivity index is 1.80. The Morgan fingerprint density at radius 3 is 2.46 bits per heavy atom. The van der Waals surface area contributed by atoms with E-state index in [4.69, 9.17) is 11.6 Å². The molecule has 0 fully saturated rings. The van der Waals surface area contributed by atoms with E-state index in [1.807, 2.05) is 0 Å². The summed E-state index contributed by atoms with van der Waals surface area (Å²) < 4.78 is 12.8. The number of nitrogens with one attached hydrogen (secondary N) is 2. The lowest BCUT2D eigenvalue weighted by molar-refractivity contribution is -0.122. The van der Waals surface area contributed by atoms with E-state index in [0.717, 1.165) is 5.56 Å². The molecule has 0 aliphatic carbocycles. The quantitative estimate of drug-likeness (QED) is 0.843. The van der Waals surface area contributed by atoms with Gasteiger partial charge in [0.05, 0.1) is 10.6 Å². The van der Waals surface area contributed by atoms with Gasteiger partial charge in [0.2, 0.25) is 5.91 Å². The molecular formula is C18H18ClFN2O2. The normalized spacial score (nSPS) is 11.6. The zero-order valence-corrected chi connectivity index (χ0v) is 13.9. The van der Waals surface area contributed by atoms with Gasteiger partial charge in [0.25, 0.3) is 5.91 Å². The molecule has 0 bridgehead atoms. The minimum atomic E-state index is -0.693. The van der Waals surface area contributed by atoms with E-state index in [2.05, 4.69) is 10.6 Å². The minimum Gasteiger partial charge on any atom is -0.354 e. The van der Waals surface area contributed by atoms with E-state index in [0.29, 0.717) is 23.6 Å². The molecule has 0 saturated carbocycles. The highest BCUT2D eigenvalue weighted by Crippen LogP contribution is 2.14. The van der Waals surface area contributed by atoms with Gasteiger partial charge in [-0.15, -0.1) is 0 Å². The topological polar surface area (TPSA) is 58.2 Å². The van der Waals surface area contributed by atoms with Crippen molar-refractivity contribution >= 4 is 23.4 Å². The van der Waals surface area contributed by atoms with E-state index in [1.54, 1.807) is 43.3 Å². The second-order valence-electron chi connectivity index (χ2n) is 5.34. The Kier molecular flexibility index (Phi) is 6.32. The fraction of sp³-hybridized carbons (Fsp3) is 0.222. The molecule has 0 aromatic heterocycles. The molecule has 2 N–H and O–H groups in total. The summed E-state index contributed by atoms with van der Waals surface area (Å²) in [6.45, 7) is 2.00. The number of amides is 2. The Hall–Kier alpha value is -2.40. The van der Waals surface area contributed by atoms with Crippen LogP contribution in [-0.4, -0.2) is 24.4 Å². The summed E-state index contributed by atoms with van der Waals surface area (Å²) in [6, 6.07) is 12.0. The predicted molar refractivity (Wildman–Crippen MR) is 91.5 cm³/mol. The van der Waals surface area contributed by atoms with Gasteiger partial charge in [0.1, 0.15) is 11.9 Å². The molecule has 1 atom stereocenters. The molecule has 2 aromatic rings. The van der Waals surface area contributed by atoms with Gasteiger partial charge in [-0.1, -0.05) is 35.9 Å². The highest BCUT2D eigenvalue weighted by Gasteiger charge is 2.17. The molecule has 2 rings (SSSR count). The lowest BCUT2D eigenvalue weighted by Crippen LogP contribution is -2.45. The third kappa shape index (κ3) is 5.06. The summed E-state index contributed by atoms with van der Waals surface area (Å²) in [7, 11) is 0. The van der Waals surface area contributed by atoms with Crippen LogP contribution in [0.1, 0.15) is 22.8 Å². The van der Waals surface area contributed by atoms with E-state index >= 15 is 0 Å². The molecule has 126 valence electrons. The van der Waals surface area contributed by atoms with Gasteiger partial charge in [-0.3, -0.25) is 9.59 Å². The first kappa shape index (κ1) is 17.9. The van der Waals surface area contributed by atoms with Crippen LogP contribution in [0.3, 0.4) is 0 Å². The average molecular weight is 349 g/mol. The van der Waals surface area contributed by atoms with Crippen LogP contribution in [0.15, 0.2) is 48.5 Å². The standard InChI is InChI=1S/C18H18ClFN2O2/c1-12(22-18(24)15-4-2-3-5-16(15)19)17(23)21-11-10-13-6-8-14(20)9-7-13/h2-9,12H,10-11H2,1H3,(H,21,23)(H,22,24). The van der Waals surface area contributed by atoms with Crippen molar-refractivity contribution in [3.63, 3.8) is 0 Å². The number of carbonyl (C=O) groups excluding carboxylic acids is 2. The first-order chi connectivity index (χ1) is 11.5.